The SMILES string of the molecule is COc1ccc(NC2CC(C)(C)Oc3ccccc32)cn1. The molecule has 4 heteroatoms. The molecule has 0 aliphatic carbocycles. The number of methoxy groups -OCH3 is 1. The lowest BCUT2D eigenvalue weighted by Crippen LogP contribution is -2.37. The average molecular weight is 284 g/mol. The highest BCUT2D eigenvalue weighted by Crippen LogP contribution is 2.40. The summed E-state index contributed by atoms with van der Waals surface area (Å²) in [6.07, 6.45) is 2.69. The minimum Gasteiger partial charge on any atom is -0.487 e. The molecule has 0 fully saturated rings. The minimum atomic E-state index is -0.189. The number of aromatic nitrogens is 1. The summed E-state index contributed by atoms with van der Waals surface area (Å²) in [5.74, 6) is 1.57. The number of hydrogen-bond donors (Lipinski definition) is 1. The van der Waals surface area contributed by atoms with Gasteiger partial charge in [-0.2, -0.15) is 0 Å². The molecular formula is C17H20N2O2. The zero-order chi connectivity index (χ0) is 14.9. The van der Waals surface area contributed by atoms with Crippen molar-refractivity contribution in [3.05, 3.63) is 48.2 Å². The third-order valence-electron chi connectivity index (χ3n) is 3.66. The molecule has 2 heterocycles. The van der Waals surface area contributed by atoms with E-state index in [1.165, 1.54) is 5.56 Å². The minimum absolute atomic E-state index is 0.189. The molecule has 1 aromatic carbocycles. The third kappa shape index (κ3) is 2.94. The predicted molar refractivity (Wildman–Crippen MR) is 82.9 cm³/mol. The van der Waals surface area contributed by atoms with E-state index in [1.54, 1.807) is 13.3 Å². The molecule has 0 bridgehead atoms. The zero-order valence-corrected chi connectivity index (χ0v) is 12.6. The molecule has 1 unspecified atom stereocenters. The fourth-order valence-corrected chi connectivity index (χ4v) is 2.72. The van der Waals surface area contributed by atoms with Crippen LogP contribution >= 0.6 is 0 Å². The number of rotatable bonds is 3. The fraction of sp³-hybridized carbons (Fsp3) is 0.353. The maximum absolute atomic E-state index is 6.05. The standard InChI is InChI=1S/C17H20N2O2/c1-17(2)10-14(13-6-4-5-7-15(13)21-17)19-12-8-9-16(20-3)18-11-12/h4-9,11,14,19H,10H2,1-3H3. The van der Waals surface area contributed by atoms with Crippen LogP contribution in [-0.4, -0.2) is 17.7 Å². The van der Waals surface area contributed by atoms with Gasteiger partial charge in [-0.3, -0.25) is 0 Å². The maximum Gasteiger partial charge on any atom is 0.213 e. The number of anilines is 1. The van der Waals surface area contributed by atoms with Crippen LogP contribution in [0.15, 0.2) is 42.6 Å². The molecular weight excluding hydrogens is 264 g/mol. The smallest absolute Gasteiger partial charge is 0.213 e. The number of hydrogen-bond acceptors (Lipinski definition) is 4. The highest BCUT2D eigenvalue weighted by atomic mass is 16.5. The molecule has 0 saturated carbocycles. The third-order valence-corrected chi connectivity index (χ3v) is 3.66. The highest BCUT2D eigenvalue weighted by molar-refractivity contribution is 5.48. The number of para-hydroxylation sites is 1. The summed E-state index contributed by atoms with van der Waals surface area (Å²) in [6.45, 7) is 4.23. The molecule has 2 aromatic rings. The molecule has 110 valence electrons. The molecule has 3 rings (SSSR count). The summed E-state index contributed by atoms with van der Waals surface area (Å²) in [5.41, 5.74) is 1.98. The van der Waals surface area contributed by atoms with E-state index in [0.29, 0.717) is 5.88 Å². The van der Waals surface area contributed by atoms with Crippen LogP contribution in [0.25, 0.3) is 0 Å². The Morgan fingerprint density at radius 1 is 1.24 bits per heavy atom. The van der Waals surface area contributed by atoms with Gasteiger partial charge in [0, 0.05) is 18.1 Å². The van der Waals surface area contributed by atoms with Gasteiger partial charge in [-0.15, -0.1) is 0 Å². The van der Waals surface area contributed by atoms with Gasteiger partial charge in [-0.1, -0.05) is 18.2 Å². The van der Waals surface area contributed by atoms with E-state index in [9.17, 15) is 0 Å². The van der Waals surface area contributed by atoms with Crippen LogP contribution in [-0.2, 0) is 0 Å². The van der Waals surface area contributed by atoms with E-state index in [0.717, 1.165) is 17.9 Å². The first-order chi connectivity index (χ1) is 10.1. The van der Waals surface area contributed by atoms with Gasteiger partial charge in [0.05, 0.1) is 25.0 Å². The summed E-state index contributed by atoms with van der Waals surface area (Å²) >= 11 is 0. The summed E-state index contributed by atoms with van der Waals surface area (Å²) < 4.78 is 11.1. The lowest BCUT2D eigenvalue weighted by molar-refractivity contribution is 0.0759. The van der Waals surface area contributed by atoms with E-state index in [1.807, 2.05) is 30.3 Å². The van der Waals surface area contributed by atoms with Crippen LogP contribution in [0.5, 0.6) is 11.6 Å². The molecule has 21 heavy (non-hydrogen) atoms. The van der Waals surface area contributed by atoms with Gasteiger partial charge in [0.25, 0.3) is 0 Å². The van der Waals surface area contributed by atoms with Crippen LogP contribution < -0.4 is 14.8 Å². The Bertz CT molecular complexity index is 623. The summed E-state index contributed by atoms with van der Waals surface area (Å²) in [6, 6.07) is 12.2. The molecule has 4 nitrogen and oxygen atoms in total. The highest BCUT2D eigenvalue weighted by Gasteiger charge is 2.33. The van der Waals surface area contributed by atoms with Crippen LogP contribution in [0, 0.1) is 0 Å². The van der Waals surface area contributed by atoms with Crippen molar-refractivity contribution in [2.24, 2.45) is 0 Å². The maximum atomic E-state index is 6.05. The van der Waals surface area contributed by atoms with Crippen LogP contribution in [0.1, 0.15) is 31.9 Å². The molecule has 1 atom stereocenters. The molecule has 1 aliphatic heterocycles. The number of fused-ring (bicyclic) bond motifs is 1. The van der Waals surface area contributed by atoms with Crippen LogP contribution in [0.2, 0.25) is 0 Å². The number of pyridine rings is 1. The molecule has 0 saturated heterocycles. The Kier molecular flexibility index (Phi) is 3.45. The van der Waals surface area contributed by atoms with Crippen molar-refractivity contribution in [3.8, 4) is 11.6 Å². The molecule has 1 aromatic heterocycles. The van der Waals surface area contributed by atoms with Gasteiger partial charge in [-0.25, -0.2) is 4.98 Å². The first kappa shape index (κ1) is 13.7. The van der Waals surface area contributed by atoms with Crippen molar-refractivity contribution in [2.75, 3.05) is 12.4 Å². The fourth-order valence-electron chi connectivity index (χ4n) is 2.72. The molecule has 1 aliphatic rings. The second kappa shape index (κ2) is 5.28. The van der Waals surface area contributed by atoms with Gasteiger partial charge in [-0.05, 0) is 26.0 Å². The molecule has 0 spiro atoms. The van der Waals surface area contributed by atoms with Gasteiger partial charge in [0.1, 0.15) is 11.4 Å². The Morgan fingerprint density at radius 3 is 2.76 bits per heavy atom. The lowest BCUT2D eigenvalue weighted by Gasteiger charge is -2.38. The Labute approximate surface area is 125 Å². The average Bonchev–Trinajstić information content (AvgIpc) is 2.47. The number of ether oxygens (including phenoxy) is 2. The Hall–Kier alpha value is -2.23. The Morgan fingerprint density at radius 2 is 2.05 bits per heavy atom. The Balaban J connectivity index is 1.87. The van der Waals surface area contributed by atoms with Gasteiger partial charge in [0.2, 0.25) is 5.88 Å². The van der Waals surface area contributed by atoms with Crippen molar-refractivity contribution >= 4 is 5.69 Å². The van der Waals surface area contributed by atoms with Gasteiger partial charge in [0.15, 0.2) is 0 Å². The summed E-state index contributed by atoms with van der Waals surface area (Å²) in [4.78, 5) is 4.24. The quantitative estimate of drug-likeness (QED) is 0.931. The zero-order valence-electron chi connectivity index (χ0n) is 12.6. The van der Waals surface area contributed by atoms with Gasteiger partial charge < -0.3 is 14.8 Å². The van der Waals surface area contributed by atoms with E-state index in [2.05, 4.69) is 30.2 Å². The van der Waals surface area contributed by atoms with Crippen molar-refractivity contribution in [3.63, 3.8) is 0 Å². The van der Waals surface area contributed by atoms with E-state index < -0.39 is 0 Å². The normalized spacial score (nSPS) is 19.3. The second-order valence-corrected chi connectivity index (χ2v) is 5.89. The van der Waals surface area contributed by atoms with E-state index >= 15 is 0 Å². The second-order valence-electron chi connectivity index (χ2n) is 5.89. The summed E-state index contributed by atoms with van der Waals surface area (Å²) in [5, 5.41) is 3.55. The van der Waals surface area contributed by atoms with Crippen molar-refractivity contribution < 1.29 is 9.47 Å². The number of nitrogens with zero attached hydrogens (tertiary/aromatic N) is 1. The van der Waals surface area contributed by atoms with Crippen LogP contribution in [0.4, 0.5) is 5.69 Å². The van der Waals surface area contributed by atoms with Crippen LogP contribution in [0.3, 0.4) is 0 Å². The van der Waals surface area contributed by atoms with Gasteiger partial charge >= 0.3 is 0 Å². The van der Waals surface area contributed by atoms with Crippen molar-refractivity contribution in [2.45, 2.75) is 31.9 Å². The predicted octanol–water partition coefficient (Wildman–Crippen LogP) is 3.80. The largest absolute Gasteiger partial charge is 0.487 e. The summed E-state index contributed by atoms with van der Waals surface area (Å²) in [7, 11) is 1.62. The molecule has 1 N–H and O–H groups in total. The van der Waals surface area contributed by atoms with E-state index in [-0.39, 0.29) is 11.6 Å². The number of nitrogens with one attached hydrogen (secondary N) is 1. The van der Waals surface area contributed by atoms with E-state index in [4.69, 9.17) is 9.47 Å². The first-order valence-corrected chi connectivity index (χ1v) is 7.12. The monoisotopic (exact) mass is 284 g/mol. The topological polar surface area (TPSA) is 43.4 Å². The molecule has 0 radical (unpaired) electrons. The van der Waals surface area contributed by atoms with Crippen molar-refractivity contribution in [1.29, 1.82) is 0 Å². The number of benzene rings is 1. The first-order valence-electron chi connectivity index (χ1n) is 7.12. The lowest BCUT2D eigenvalue weighted by atomic mass is 9.89. The molecule has 0 amide bonds. The van der Waals surface area contributed by atoms with Crippen molar-refractivity contribution in [1.82, 2.24) is 4.98 Å².